The molecule has 0 bridgehead atoms. The lowest BCUT2D eigenvalue weighted by Crippen LogP contribution is -2.34. The van der Waals surface area contributed by atoms with Crippen molar-refractivity contribution in [3.05, 3.63) is 35.9 Å². The van der Waals surface area contributed by atoms with E-state index in [1.165, 1.54) is 0 Å². The molecule has 1 unspecified atom stereocenters. The molecule has 1 aromatic carbocycles. The average Bonchev–Trinajstić information content (AvgIpc) is 2.52. The number of carbonyl (C=O) groups excluding carboxylic acids is 1. The molecule has 0 radical (unpaired) electrons. The van der Waals surface area contributed by atoms with Crippen molar-refractivity contribution >= 4 is 12.0 Å². The lowest BCUT2D eigenvalue weighted by atomic mass is 10.1. The third-order valence-corrected chi connectivity index (χ3v) is 3.23. The maximum absolute atomic E-state index is 11.3. The summed E-state index contributed by atoms with van der Waals surface area (Å²) in [4.78, 5) is 11.3. The van der Waals surface area contributed by atoms with Crippen molar-refractivity contribution in [1.82, 2.24) is 5.32 Å². The van der Waals surface area contributed by atoms with Crippen LogP contribution >= 0.6 is 0 Å². The summed E-state index contributed by atoms with van der Waals surface area (Å²) < 4.78 is 15.9. The summed E-state index contributed by atoms with van der Waals surface area (Å²) in [5, 5.41) is 2.87. The first-order valence-electron chi connectivity index (χ1n) is 6.63. The summed E-state index contributed by atoms with van der Waals surface area (Å²) in [5.74, 6) is 1.85. The van der Waals surface area contributed by atoms with Crippen LogP contribution in [-0.2, 0) is 4.79 Å². The molecule has 1 aliphatic heterocycles. The first-order valence-corrected chi connectivity index (χ1v) is 6.63. The third kappa shape index (κ3) is 3.56. The molecule has 1 aromatic rings. The number of methoxy groups -OCH3 is 3. The summed E-state index contributed by atoms with van der Waals surface area (Å²) in [7, 11) is 4.77. The fourth-order valence-corrected chi connectivity index (χ4v) is 2.14. The monoisotopic (exact) mass is 289 g/mol. The quantitative estimate of drug-likeness (QED) is 0.902. The Kier molecular flexibility index (Phi) is 4.87. The van der Waals surface area contributed by atoms with Gasteiger partial charge in [-0.25, -0.2) is 0 Å². The van der Waals surface area contributed by atoms with Crippen molar-refractivity contribution in [1.29, 1.82) is 0 Å². The molecule has 1 aliphatic rings. The van der Waals surface area contributed by atoms with Gasteiger partial charge in [-0.3, -0.25) is 4.79 Å². The van der Waals surface area contributed by atoms with Crippen LogP contribution in [0.2, 0.25) is 0 Å². The van der Waals surface area contributed by atoms with E-state index in [4.69, 9.17) is 14.2 Å². The Hall–Kier alpha value is -2.43. The predicted molar refractivity (Wildman–Crippen MR) is 80.8 cm³/mol. The molecule has 0 aromatic heterocycles. The van der Waals surface area contributed by atoms with Gasteiger partial charge in [0.2, 0.25) is 5.91 Å². The molecule has 1 atom stereocenters. The minimum absolute atomic E-state index is 0.0136. The van der Waals surface area contributed by atoms with Gasteiger partial charge in [-0.15, -0.1) is 0 Å². The number of amides is 1. The van der Waals surface area contributed by atoms with Crippen LogP contribution in [0, 0.1) is 0 Å². The fraction of sp³-hybridized carbons (Fsp3) is 0.312. The van der Waals surface area contributed by atoms with Crippen LogP contribution in [-0.4, -0.2) is 33.3 Å². The Morgan fingerprint density at radius 1 is 1.10 bits per heavy atom. The molecular formula is C16H19NO4. The summed E-state index contributed by atoms with van der Waals surface area (Å²) in [6, 6.07) is 3.60. The number of nitrogens with one attached hydrogen (secondary N) is 1. The van der Waals surface area contributed by atoms with E-state index in [9.17, 15) is 4.79 Å². The van der Waals surface area contributed by atoms with Crippen molar-refractivity contribution in [3.63, 3.8) is 0 Å². The van der Waals surface area contributed by atoms with Gasteiger partial charge in [0.05, 0.1) is 27.4 Å². The van der Waals surface area contributed by atoms with E-state index in [2.05, 4.69) is 5.32 Å². The van der Waals surface area contributed by atoms with E-state index < -0.39 is 0 Å². The molecule has 0 saturated carbocycles. The Morgan fingerprint density at radius 3 is 2.38 bits per heavy atom. The number of hydrogen-bond acceptors (Lipinski definition) is 4. The zero-order chi connectivity index (χ0) is 15.2. The molecular weight excluding hydrogens is 270 g/mol. The fourth-order valence-electron chi connectivity index (χ4n) is 2.14. The molecule has 21 heavy (non-hydrogen) atoms. The molecule has 5 heteroatoms. The van der Waals surface area contributed by atoms with Gasteiger partial charge < -0.3 is 19.5 Å². The van der Waals surface area contributed by atoms with Gasteiger partial charge in [0.1, 0.15) is 5.75 Å². The number of carbonyl (C=O) groups is 1. The van der Waals surface area contributed by atoms with Crippen LogP contribution in [0.1, 0.15) is 12.0 Å². The first kappa shape index (κ1) is 15.0. The molecule has 2 rings (SSSR count). The van der Waals surface area contributed by atoms with Crippen molar-refractivity contribution in [3.8, 4) is 17.2 Å². The Bertz CT molecular complexity index is 578. The largest absolute Gasteiger partial charge is 0.496 e. The van der Waals surface area contributed by atoms with E-state index in [1.807, 2.05) is 24.3 Å². The summed E-state index contributed by atoms with van der Waals surface area (Å²) in [6.45, 7) is 0. The van der Waals surface area contributed by atoms with E-state index in [0.717, 1.165) is 12.0 Å². The molecule has 1 N–H and O–H groups in total. The van der Waals surface area contributed by atoms with Crippen molar-refractivity contribution in [2.45, 2.75) is 12.5 Å². The second kappa shape index (κ2) is 6.83. The van der Waals surface area contributed by atoms with E-state index in [1.54, 1.807) is 33.5 Å². The standard InChI is InChI=1S/C16H19NO4/c1-19-13-10-15(21-3)14(20-2)9-11(13)7-8-12-5-4-6-16(18)17-12/h4,6-10,12H,5H2,1-3H3,(H,17,18)/b8-7+. The minimum atomic E-state index is -0.0739. The van der Waals surface area contributed by atoms with Crippen LogP contribution in [0.25, 0.3) is 6.08 Å². The van der Waals surface area contributed by atoms with Crippen LogP contribution in [0.5, 0.6) is 17.2 Å². The van der Waals surface area contributed by atoms with Gasteiger partial charge in [0, 0.05) is 11.6 Å². The number of ether oxygens (including phenoxy) is 3. The first-order chi connectivity index (χ1) is 10.2. The molecule has 1 amide bonds. The lowest BCUT2D eigenvalue weighted by molar-refractivity contribution is -0.117. The average molecular weight is 289 g/mol. The predicted octanol–water partition coefficient (Wildman–Crippen LogP) is 2.17. The van der Waals surface area contributed by atoms with Crippen LogP contribution in [0.3, 0.4) is 0 Å². The summed E-state index contributed by atoms with van der Waals surface area (Å²) in [5.41, 5.74) is 0.860. The van der Waals surface area contributed by atoms with Crippen LogP contribution < -0.4 is 19.5 Å². The Balaban J connectivity index is 2.26. The van der Waals surface area contributed by atoms with Gasteiger partial charge in [-0.1, -0.05) is 18.2 Å². The van der Waals surface area contributed by atoms with Crippen LogP contribution in [0.4, 0.5) is 0 Å². The van der Waals surface area contributed by atoms with E-state index >= 15 is 0 Å². The molecule has 0 aliphatic carbocycles. The highest BCUT2D eigenvalue weighted by atomic mass is 16.5. The van der Waals surface area contributed by atoms with Crippen molar-refractivity contribution < 1.29 is 19.0 Å². The maximum atomic E-state index is 11.3. The number of hydrogen-bond donors (Lipinski definition) is 1. The second-order valence-electron chi connectivity index (χ2n) is 4.56. The third-order valence-electron chi connectivity index (χ3n) is 3.23. The molecule has 0 fully saturated rings. The van der Waals surface area contributed by atoms with Crippen LogP contribution in [0.15, 0.2) is 30.4 Å². The summed E-state index contributed by atoms with van der Waals surface area (Å²) >= 11 is 0. The van der Waals surface area contributed by atoms with E-state index in [-0.39, 0.29) is 11.9 Å². The highest BCUT2D eigenvalue weighted by Gasteiger charge is 2.12. The van der Waals surface area contributed by atoms with Gasteiger partial charge >= 0.3 is 0 Å². The smallest absolute Gasteiger partial charge is 0.244 e. The lowest BCUT2D eigenvalue weighted by Gasteiger charge is -2.16. The second-order valence-corrected chi connectivity index (χ2v) is 4.56. The molecule has 112 valence electrons. The zero-order valence-corrected chi connectivity index (χ0v) is 12.4. The molecule has 5 nitrogen and oxygen atoms in total. The number of benzene rings is 1. The van der Waals surface area contributed by atoms with Gasteiger partial charge in [-0.2, -0.15) is 0 Å². The van der Waals surface area contributed by atoms with Gasteiger partial charge in [0.15, 0.2) is 11.5 Å². The van der Waals surface area contributed by atoms with Crippen molar-refractivity contribution in [2.75, 3.05) is 21.3 Å². The number of rotatable bonds is 5. The Labute approximate surface area is 124 Å². The van der Waals surface area contributed by atoms with Crippen molar-refractivity contribution in [2.24, 2.45) is 0 Å². The Morgan fingerprint density at radius 2 is 1.76 bits per heavy atom. The topological polar surface area (TPSA) is 56.8 Å². The molecule has 0 saturated heterocycles. The SMILES string of the molecule is COc1cc(OC)c(OC)cc1/C=C/C1CC=CC(=O)N1. The zero-order valence-electron chi connectivity index (χ0n) is 12.4. The van der Waals surface area contributed by atoms with E-state index in [0.29, 0.717) is 17.2 Å². The van der Waals surface area contributed by atoms with Gasteiger partial charge in [0.25, 0.3) is 0 Å². The maximum Gasteiger partial charge on any atom is 0.244 e. The molecule has 1 heterocycles. The highest BCUT2D eigenvalue weighted by molar-refractivity contribution is 5.88. The highest BCUT2D eigenvalue weighted by Crippen LogP contribution is 2.35. The minimum Gasteiger partial charge on any atom is -0.496 e. The van der Waals surface area contributed by atoms with Gasteiger partial charge in [-0.05, 0) is 18.6 Å². The summed E-state index contributed by atoms with van der Waals surface area (Å²) in [6.07, 6.45) is 8.02. The molecule has 0 spiro atoms. The normalized spacial score (nSPS) is 17.7.